The van der Waals surface area contributed by atoms with Gasteiger partial charge in [0.2, 0.25) is 0 Å². The van der Waals surface area contributed by atoms with E-state index in [2.05, 4.69) is 21.7 Å². The van der Waals surface area contributed by atoms with Crippen molar-refractivity contribution >= 4 is 0 Å². The van der Waals surface area contributed by atoms with Gasteiger partial charge in [-0.3, -0.25) is 4.90 Å². The molecular weight excluding hydrogens is 269 g/mol. The van der Waals surface area contributed by atoms with Crippen LogP contribution in [0.25, 0.3) is 0 Å². The monoisotopic (exact) mass is 295 g/mol. The summed E-state index contributed by atoms with van der Waals surface area (Å²) in [5.41, 5.74) is 1.73. The zero-order valence-corrected chi connectivity index (χ0v) is 12.9. The van der Waals surface area contributed by atoms with E-state index in [1.807, 2.05) is 13.0 Å². The molecule has 0 bridgehead atoms. The van der Waals surface area contributed by atoms with Crippen LogP contribution < -0.4 is 5.32 Å². The first-order valence-electron chi connectivity index (χ1n) is 7.69. The van der Waals surface area contributed by atoms with Gasteiger partial charge in [-0.2, -0.15) is 0 Å². The van der Waals surface area contributed by atoms with Crippen LogP contribution in [0.3, 0.4) is 0 Å². The van der Waals surface area contributed by atoms with Crippen molar-refractivity contribution in [3.05, 3.63) is 35.8 Å². The number of hydrogen-bond donors (Lipinski definition) is 1. The van der Waals surface area contributed by atoms with Crippen molar-refractivity contribution in [1.82, 2.24) is 15.1 Å². The predicted octanol–water partition coefficient (Wildman–Crippen LogP) is 1.54. The smallest absolute Gasteiger partial charge is 0.146 e. The number of nitrogens with one attached hydrogen (secondary N) is 1. The first kappa shape index (κ1) is 16.2. The lowest BCUT2D eigenvalue weighted by molar-refractivity contribution is 0.0531. The number of ether oxygens (including phenoxy) is 1. The van der Waals surface area contributed by atoms with Gasteiger partial charge in [-0.1, -0.05) is 12.7 Å². The Morgan fingerprint density at radius 3 is 2.48 bits per heavy atom. The summed E-state index contributed by atoms with van der Waals surface area (Å²) in [5, 5.41) is 3.34. The maximum absolute atomic E-state index is 14.4. The third-order valence-corrected chi connectivity index (χ3v) is 3.99. The minimum absolute atomic E-state index is 0.236. The molecule has 21 heavy (non-hydrogen) atoms. The number of halogens is 1. The minimum Gasteiger partial charge on any atom is -0.378 e. The maximum atomic E-state index is 14.4. The topological polar surface area (TPSA) is 27.7 Å². The van der Waals surface area contributed by atoms with Crippen molar-refractivity contribution in [2.45, 2.75) is 6.92 Å². The Balaban J connectivity index is 2.15. The Hall–Kier alpha value is -1.17. The van der Waals surface area contributed by atoms with Gasteiger partial charge >= 0.3 is 0 Å². The maximum Gasteiger partial charge on any atom is 0.146 e. The van der Waals surface area contributed by atoms with Gasteiger partial charge < -0.3 is 15.0 Å². The van der Waals surface area contributed by atoms with Crippen LogP contribution in [0, 0.1) is 0 Å². The minimum atomic E-state index is -0.236. The summed E-state index contributed by atoms with van der Waals surface area (Å²) in [6, 6.07) is 0. The number of morpholine rings is 1. The fourth-order valence-corrected chi connectivity index (χ4v) is 2.80. The van der Waals surface area contributed by atoms with E-state index in [-0.39, 0.29) is 5.83 Å². The lowest BCUT2D eigenvalue weighted by Crippen LogP contribution is -2.45. The molecule has 0 unspecified atom stereocenters. The standard InChI is InChI=1S/C16H26FN3O/c1-3-14(13-19-7-5-18-6-8-19)16(15(17)4-2)20-9-11-21-12-10-20/h3-4,18H,2,5-13H2,1H3/b14-3-,16-15-. The summed E-state index contributed by atoms with van der Waals surface area (Å²) in [4.78, 5) is 4.45. The van der Waals surface area contributed by atoms with Gasteiger partial charge in [0.25, 0.3) is 0 Å². The molecular formula is C16H26FN3O. The second-order valence-corrected chi connectivity index (χ2v) is 5.34. The molecule has 118 valence electrons. The van der Waals surface area contributed by atoms with Crippen molar-refractivity contribution in [1.29, 1.82) is 0 Å². The SMILES string of the molecule is C=C/C(F)=C(\C(=C/C)CN1CCNCC1)N1CCOCC1. The summed E-state index contributed by atoms with van der Waals surface area (Å²) < 4.78 is 19.8. The molecule has 0 atom stereocenters. The van der Waals surface area contributed by atoms with E-state index in [4.69, 9.17) is 4.74 Å². The number of allylic oxidation sites excluding steroid dienone is 3. The van der Waals surface area contributed by atoms with E-state index >= 15 is 0 Å². The van der Waals surface area contributed by atoms with Gasteiger partial charge in [-0.15, -0.1) is 0 Å². The summed E-state index contributed by atoms with van der Waals surface area (Å²) in [6.07, 6.45) is 3.34. The van der Waals surface area contributed by atoms with Crippen molar-refractivity contribution in [3.8, 4) is 0 Å². The molecule has 0 spiro atoms. The van der Waals surface area contributed by atoms with Gasteiger partial charge in [0.1, 0.15) is 5.83 Å². The average Bonchev–Trinajstić information content (AvgIpc) is 2.56. The highest BCUT2D eigenvalue weighted by Gasteiger charge is 2.22. The lowest BCUT2D eigenvalue weighted by Gasteiger charge is -2.35. The Kier molecular flexibility index (Phi) is 6.42. The molecule has 1 N–H and O–H groups in total. The van der Waals surface area contributed by atoms with Crippen LogP contribution in [0.2, 0.25) is 0 Å². The predicted molar refractivity (Wildman–Crippen MR) is 83.8 cm³/mol. The largest absolute Gasteiger partial charge is 0.378 e. The Morgan fingerprint density at radius 2 is 1.90 bits per heavy atom. The first-order valence-corrected chi connectivity index (χ1v) is 7.69. The quantitative estimate of drug-likeness (QED) is 0.779. The van der Waals surface area contributed by atoms with Gasteiger partial charge in [-0.25, -0.2) is 4.39 Å². The summed E-state index contributed by atoms with van der Waals surface area (Å²) >= 11 is 0. The summed E-state index contributed by atoms with van der Waals surface area (Å²) in [6.45, 7) is 13.1. The molecule has 2 rings (SSSR count). The van der Waals surface area contributed by atoms with Crippen LogP contribution in [0.15, 0.2) is 35.8 Å². The van der Waals surface area contributed by atoms with Crippen molar-refractivity contribution in [2.75, 3.05) is 59.0 Å². The highest BCUT2D eigenvalue weighted by molar-refractivity contribution is 5.37. The van der Waals surface area contributed by atoms with Crippen LogP contribution in [0.5, 0.6) is 0 Å². The van der Waals surface area contributed by atoms with Crippen LogP contribution >= 0.6 is 0 Å². The number of nitrogens with zero attached hydrogens (tertiary/aromatic N) is 2. The average molecular weight is 295 g/mol. The fraction of sp³-hybridized carbons (Fsp3) is 0.625. The molecule has 0 aliphatic carbocycles. The van der Waals surface area contributed by atoms with E-state index < -0.39 is 0 Å². The lowest BCUT2D eigenvalue weighted by atomic mass is 10.1. The second kappa shape index (κ2) is 8.32. The highest BCUT2D eigenvalue weighted by atomic mass is 19.1. The third-order valence-electron chi connectivity index (χ3n) is 3.99. The van der Waals surface area contributed by atoms with Crippen molar-refractivity contribution in [3.63, 3.8) is 0 Å². The van der Waals surface area contributed by atoms with Gasteiger partial charge in [0, 0.05) is 45.8 Å². The van der Waals surface area contributed by atoms with Gasteiger partial charge in [-0.05, 0) is 18.6 Å². The molecule has 0 aromatic heterocycles. The molecule has 0 aromatic rings. The van der Waals surface area contributed by atoms with E-state index in [0.717, 1.165) is 51.4 Å². The van der Waals surface area contributed by atoms with E-state index in [1.54, 1.807) is 0 Å². The molecule has 2 fully saturated rings. The molecule has 2 heterocycles. The Morgan fingerprint density at radius 1 is 1.24 bits per heavy atom. The zero-order chi connectivity index (χ0) is 15.1. The molecule has 2 saturated heterocycles. The normalized spacial score (nSPS) is 23.0. The first-order chi connectivity index (χ1) is 10.3. The van der Waals surface area contributed by atoms with Gasteiger partial charge in [0.15, 0.2) is 0 Å². The molecule has 4 nitrogen and oxygen atoms in total. The molecule has 0 aromatic carbocycles. The van der Waals surface area contributed by atoms with Crippen molar-refractivity contribution < 1.29 is 9.13 Å². The van der Waals surface area contributed by atoms with Crippen molar-refractivity contribution in [2.24, 2.45) is 0 Å². The van der Waals surface area contributed by atoms with Gasteiger partial charge in [0.05, 0.1) is 18.9 Å². The summed E-state index contributed by atoms with van der Waals surface area (Å²) in [5.74, 6) is -0.236. The Bertz CT molecular complexity index is 408. The summed E-state index contributed by atoms with van der Waals surface area (Å²) in [7, 11) is 0. The second-order valence-electron chi connectivity index (χ2n) is 5.34. The molecule has 0 saturated carbocycles. The number of piperazine rings is 1. The highest BCUT2D eigenvalue weighted by Crippen LogP contribution is 2.23. The number of hydrogen-bond acceptors (Lipinski definition) is 4. The Labute approximate surface area is 126 Å². The number of rotatable bonds is 5. The van der Waals surface area contributed by atoms with Crippen LogP contribution in [0.1, 0.15) is 6.92 Å². The molecule has 0 radical (unpaired) electrons. The van der Waals surface area contributed by atoms with Crippen LogP contribution in [0.4, 0.5) is 4.39 Å². The fourth-order valence-electron chi connectivity index (χ4n) is 2.80. The zero-order valence-electron chi connectivity index (χ0n) is 12.9. The molecule has 2 aliphatic heterocycles. The van der Waals surface area contributed by atoms with E-state index in [1.165, 1.54) is 6.08 Å². The van der Waals surface area contributed by atoms with E-state index in [9.17, 15) is 4.39 Å². The molecule has 0 amide bonds. The molecule has 2 aliphatic rings. The van der Waals surface area contributed by atoms with E-state index in [0.29, 0.717) is 18.9 Å². The molecule has 5 heteroatoms. The van der Waals surface area contributed by atoms with Crippen LogP contribution in [-0.2, 0) is 4.74 Å². The third kappa shape index (κ3) is 4.40. The van der Waals surface area contributed by atoms with Crippen LogP contribution in [-0.4, -0.2) is 68.8 Å².